The topological polar surface area (TPSA) is 70.9 Å². The number of amides is 1. The quantitative estimate of drug-likeness (QED) is 0.506. The molecule has 0 atom stereocenters. The summed E-state index contributed by atoms with van der Waals surface area (Å²) in [5.74, 6) is 0.301. The zero-order chi connectivity index (χ0) is 17.6. The number of hydrogen-bond donors (Lipinski definition) is 2. The molecular formula is C19H15BrN2O3. The fourth-order valence-electron chi connectivity index (χ4n) is 2.24. The summed E-state index contributed by atoms with van der Waals surface area (Å²) < 4.78 is 6.28. The Morgan fingerprint density at radius 1 is 1.12 bits per heavy atom. The summed E-state index contributed by atoms with van der Waals surface area (Å²) in [5, 5.41) is 15.7. The molecular weight excluding hydrogens is 384 g/mol. The highest BCUT2D eigenvalue weighted by molar-refractivity contribution is 9.10. The lowest BCUT2D eigenvalue weighted by Crippen LogP contribution is -2.24. The molecule has 0 saturated heterocycles. The van der Waals surface area contributed by atoms with Gasteiger partial charge in [-0.25, -0.2) is 5.43 Å². The molecule has 0 fully saturated rings. The van der Waals surface area contributed by atoms with Gasteiger partial charge in [-0.1, -0.05) is 46.3 Å². The highest BCUT2D eigenvalue weighted by Crippen LogP contribution is 2.21. The molecule has 0 aliphatic heterocycles. The van der Waals surface area contributed by atoms with Crippen LogP contribution in [0.15, 0.2) is 70.2 Å². The number of carbonyl (C=O) groups is 1. The van der Waals surface area contributed by atoms with Crippen molar-refractivity contribution in [2.24, 2.45) is 5.10 Å². The Morgan fingerprint density at radius 2 is 1.92 bits per heavy atom. The van der Waals surface area contributed by atoms with Crippen molar-refractivity contribution in [1.29, 1.82) is 0 Å². The van der Waals surface area contributed by atoms with E-state index in [-0.39, 0.29) is 18.3 Å². The number of hydrogen-bond acceptors (Lipinski definition) is 4. The van der Waals surface area contributed by atoms with Gasteiger partial charge in [0.2, 0.25) is 0 Å². The number of nitrogens with one attached hydrogen (secondary N) is 1. The zero-order valence-electron chi connectivity index (χ0n) is 13.1. The molecule has 0 aromatic heterocycles. The van der Waals surface area contributed by atoms with Gasteiger partial charge in [0, 0.05) is 10.0 Å². The number of hydrazone groups is 1. The first kappa shape index (κ1) is 17.0. The summed E-state index contributed by atoms with van der Waals surface area (Å²) in [5.41, 5.74) is 2.86. The van der Waals surface area contributed by atoms with Gasteiger partial charge in [-0.05, 0) is 41.1 Å². The number of benzene rings is 3. The molecule has 0 unspecified atom stereocenters. The fourth-order valence-corrected chi connectivity index (χ4v) is 2.62. The van der Waals surface area contributed by atoms with Crippen LogP contribution in [0.4, 0.5) is 0 Å². The molecule has 0 bridgehead atoms. The highest BCUT2D eigenvalue weighted by atomic mass is 79.9. The van der Waals surface area contributed by atoms with Crippen molar-refractivity contribution in [3.63, 3.8) is 0 Å². The molecule has 126 valence electrons. The predicted octanol–water partition coefficient (Wildman–Crippen LogP) is 3.84. The van der Waals surface area contributed by atoms with Crippen LogP contribution in [-0.2, 0) is 4.79 Å². The number of nitrogens with zero attached hydrogens (tertiary/aromatic N) is 1. The van der Waals surface area contributed by atoms with Crippen molar-refractivity contribution in [3.8, 4) is 11.5 Å². The third kappa shape index (κ3) is 4.58. The fraction of sp³-hybridized carbons (Fsp3) is 0.0526. The van der Waals surface area contributed by atoms with Crippen molar-refractivity contribution in [2.45, 2.75) is 0 Å². The minimum atomic E-state index is -0.390. The van der Waals surface area contributed by atoms with Gasteiger partial charge in [0.05, 0.1) is 6.21 Å². The monoisotopic (exact) mass is 398 g/mol. The number of halogens is 1. The standard InChI is InChI=1S/C19H15BrN2O3/c20-16-6-8-18(23)15(9-16)11-21-22-19(24)12-25-17-7-5-13-3-1-2-4-14(13)10-17/h1-11,23H,12H2,(H,22,24)/b21-11+. The number of rotatable bonds is 5. The Kier molecular flexibility index (Phi) is 5.30. The first-order valence-corrected chi connectivity index (χ1v) is 8.33. The first-order valence-electron chi connectivity index (χ1n) is 7.54. The summed E-state index contributed by atoms with van der Waals surface area (Å²) in [6, 6.07) is 18.5. The normalized spacial score (nSPS) is 10.9. The van der Waals surface area contributed by atoms with Gasteiger partial charge >= 0.3 is 0 Å². The maximum Gasteiger partial charge on any atom is 0.277 e. The Labute approximate surface area is 153 Å². The number of aromatic hydroxyl groups is 1. The molecule has 0 heterocycles. The second-order valence-electron chi connectivity index (χ2n) is 5.29. The molecule has 3 aromatic rings. The molecule has 3 aromatic carbocycles. The van der Waals surface area contributed by atoms with Crippen LogP contribution in [0.3, 0.4) is 0 Å². The lowest BCUT2D eigenvalue weighted by molar-refractivity contribution is -0.123. The van der Waals surface area contributed by atoms with E-state index in [0.717, 1.165) is 15.2 Å². The maximum atomic E-state index is 11.8. The van der Waals surface area contributed by atoms with Crippen LogP contribution >= 0.6 is 15.9 Å². The Hall–Kier alpha value is -2.86. The zero-order valence-corrected chi connectivity index (χ0v) is 14.7. The minimum Gasteiger partial charge on any atom is -0.507 e. The van der Waals surface area contributed by atoms with Gasteiger partial charge < -0.3 is 9.84 Å². The van der Waals surface area contributed by atoms with E-state index in [1.165, 1.54) is 12.3 Å². The van der Waals surface area contributed by atoms with Crippen LogP contribution < -0.4 is 10.2 Å². The van der Waals surface area contributed by atoms with E-state index in [0.29, 0.717) is 11.3 Å². The second kappa shape index (κ2) is 7.81. The average Bonchev–Trinajstić information content (AvgIpc) is 2.62. The van der Waals surface area contributed by atoms with Gasteiger partial charge in [-0.3, -0.25) is 4.79 Å². The molecule has 6 heteroatoms. The summed E-state index contributed by atoms with van der Waals surface area (Å²) in [6.07, 6.45) is 1.37. The highest BCUT2D eigenvalue weighted by Gasteiger charge is 2.03. The van der Waals surface area contributed by atoms with Crippen LogP contribution in [0.25, 0.3) is 10.8 Å². The summed E-state index contributed by atoms with van der Waals surface area (Å²) in [6.45, 7) is -0.153. The second-order valence-corrected chi connectivity index (χ2v) is 6.21. The van der Waals surface area contributed by atoms with Gasteiger partial charge in [-0.15, -0.1) is 0 Å². The van der Waals surface area contributed by atoms with E-state index in [1.807, 2.05) is 42.5 Å². The van der Waals surface area contributed by atoms with E-state index in [9.17, 15) is 9.90 Å². The van der Waals surface area contributed by atoms with Crippen molar-refractivity contribution in [3.05, 3.63) is 70.7 Å². The Balaban J connectivity index is 1.55. The van der Waals surface area contributed by atoms with E-state index < -0.39 is 0 Å². The minimum absolute atomic E-state index is 0.0774. The van der Waals surface area contributed by atoms with Crippen molar-refractivity contribution in [1.82, 2.24) is 5.43 Å². The lowest BCUT2D eigenvalue weighted by Gasteiger charge is -2.06. The van der Waals surface area contributed by atoms with E-state index in [4.69, 9.17) is 4.74 Å². The van der Waals surface area contributed by atoms with E-state index >= 15 is 0 Å². The average molecular weight is 399 g/mol. The molecule has 3 rings (SSSR count). The van der Waals surface area contributed by atoms with Gasteiger partial charge in [-0.2, -0.15) is 5.10 Å². The summed E-state index contributed by atoms with van der Waals surface area (Å²) in [4.78, 5) is 11.8. The largest absolute Gasteiger partial charge is 0.507 e. The first-order chi connectivity index (χ1) is 12.1. The third-order valence-electron chi connectivity index (χ3n) is 3.47. The molecule has 5 nitrogen and oxygen atoms in total. The van der Waals surface area contributed by atoms with Crippen LogP contribution in [0, 0.1) is 0 Å². The van der Waals surface area contributed by atoms with Crippen LogP contribution in [0.1, 0.15) is 5.56 Å². The predicted molar refractivity (Wildman–Crippen MR) is 101 cm³/mol. The van der Waals surface area contributed by atoms with Crippen molar-refractivity contribution in [2.75, 3.05) is 6.61 Å². The Morgan fingerprint density at radius 3 is 2.76 bits per heavy atom. The number of fused-ring (bicyclic) bond motifs is 1. The van der Waals surface area contributed by atoms with Gasteiger partial charge in [0.1, 0.15) is 11.5 Å². The number of phenols is 1. The molecule has 1 amide bonds. The molecule has 0 aliphatic rings. The number of phenolic OH excluding ortho intramolecular Hbond substituents is 1. The van der Waals surface area contributed by atoms with Crippen LogP contribution in [0.5, 0.6) is 11.5 Å². The Bertz CT molecular complexity index is 941. The molecule has 0 spiro atoms. The summed E-state index contributed by atoms with van der Waals surface area (Å²) in [7, 11) is 0. The molecule has 0 radical (unpaired) electrons. The third-order valence-corrected chi connectivity index (χ3v) is 3.97. The molecule has 2 N–H and O–H groups in total. The SMILES string of the molecule is O=C(COc1ccc2ccccc2c1)N/N=C/c1cc(Br)ccc1O. The van der Waals surface area contributed by atoms with Crippen LogP contribution in [0.2, 0.25) is 0 Å². The smallest absolute Gasteiger partial charge is 0.277 e. The maximum absolute atomic E-state index is 11.8. The summed E-state index contributed by atoms with van der Waals surface area (Å²) >= 11 is 3.30. The molecule has 25 heavy (non-hydrogen) atoms. The molecule has 0 saturated carbocycles. The van der Waals surface area contributed by atoms with Gasteiger partial charge in [0.15, 0.2) is 6.61 Å². The van der Waals surface area contributed by atoms with Crippen molar-refractivity contribution >= 4 is 38.8 Å². The van der Waals surface area contributed by atoms with E-state index in [2.05, 4.69) is 26.5 Å². The number of carbonyl (C=O) groups excluding carboxylic acids is 1. The lowest BCUT2D eigenvalue weighted by atomic mass is 10.1. The molecule has 0 aliphatic carbocycles. The van der Waals surface area contributed by atoms with Crippen LogP contribution in [-0.4, -0.2) is 23.8 Å². The van der Waals surface area contributed by atoms with Crippen molar-refractivity contribution < 1.29 is 14.6 Å². The van der Waals surface area contributed by atoms with Gasteiger partial charge in [0.25, 0.3) is 5.91 Å². The number of ether oxygens (including phenoxy) is 1. The van der Waals surface area contributed by atoms with E-state index in [1.54, 1.807) is 12.1 Å².